The highest BCUT2D eigenvalue weighted by Crippen LogP contribution is 2.19. The summed E-state index contributed by atoms with van der Waals surface area (Å²) in [6.45, 7) is 8.76. The molecule has 0 radical (unpaired) electrons. The summed E-state index contributed by atoms with van der Waals surface area (Å²) in [5, 5.41) is 3.50. The van der Waals surface area contributed by atoms with Crippen LogP contribution in [-0.4, -0.2) is 50.9 Å². The van der Waals surface area contributed by atoms with Crippen LogP contribution in [0.4, 0.5) is 0 Å². The van der Waals surface area contributed by atoms with E-state index < -0.39 is 0 Å². The van der Waals surface area contributed by atoms with E-state index in [9.17, 15) is 0 Å². The van der Waals surface area contributed by atoms with Crippen LogP contribution in [0.5, 0.6) is 5.75 Å². The monoisotopic (exact) mass is 292 g/mol. The van der Waals surface area contributed by atoms with E-state index in [2.05, 4.69) is 49.3 Å². The minimum absolute atomic E-state index is 0.169. The van der Waals surface area contributed by atoms with Crippen molar-refractivity contribution < 1.29 is 9.47 Å². The molecule has 1 aromatic rings. The molecule has 0 bridgehead atoms. The van der Waals surface area contributed by atoms with Gasteiger partial charge in [-0.05, 0) is 44.6 Å². The molecule has 21 heavy (non-hydrogen) atoms. The van der Waals surface area contributed by atoms with E-state index in [1.165, 1.54) is 5.56 Å². The van der Waals surface area contributed by atoms with Gasteiger partial charge in [0.2, 0.25) is 0 Å². The van der Waals surface area contributed by atoms with Crippen LogP contribution in [0.2, 0.25) is 0 Å². The minimum atomic E-state index is 0.169. The van der Waals surface area contributed by atoms with Gasteiger partial charge in [-0.3, -0.25) is 0 Å². The Morgan fingerprint density at radius 3 is 3.10 bits per heavy atom. The number of benzene rings is 1. The molecule has 1 aliphatic heterocycles. The normalized spacial score (nSPS) is 21.2. The standard InChI is InChI=1S/C17H28N2O2/c1-4-8-18-14(2)15-6-5-7-16(11-15)21-13-17-12-19(3)9-10-20-17/h5-7,11,14,17-18H,4,8-10,12-13H2,1-3H3. The first kappa shape index (κ1) is 16.3. The number of hydrogen-bond acceptors (Lipinski definition) is 4. The number of morpholine rings is 1. The predicted octanol–water partition coefficient (Wildman–Crippen LogP) is 2.46. The van der Waals surface area contributed by atoms with E-state index in [1.807, 2.05) is 6.07 Å². The molecule has 4 heteroatoms. The highest BCUT2D eigenvalue weighted by atomic mass is 16.5. The SMILES string of the molecule is CCCNC(C)c1cccc(OCC2CN(C)CCO2)c1. The summed E-state index contributed by atoms with van der Waals surface area (Å²) in [7, 11) is 2.12. The Bertz CT molecular complexity index is 425. The highest BCUT2D eigenvalue weighted by molar-refractivity contribution is 5.30. The summed E-state index contributed by atoms with van der Waals surface area (Å²) in [5.74, 6) is 0.925. The van der Waals surface area contributed by atoms with Crippen molar-refractivity contribution >= 4 is 0 Å². The third-order valence-electron chi connectivity index (χ3n) is 3.84. The Hall–Kier alpha value is -1.10. The van der Waals surface area contributed by atoms with Crippen LogP contribution in [0.15, 0.2) is 24.3 Å². The van der Waals surface area contributed by atoms with Gasteiger partial charge in [0.1, 0.15) is 18.5 Å². The molecule has 1 fully saturated rings. The first-order valence-corrected chi connectivity index (χ1v) is 7.95. The summed E-state index contributed by atoms with van der Waals surface area (Å²) in [5.41, 5.74) is 1.27. The molecule has 2 atom stereocenters. The molecule has 2 rings (SSSR count). The van der Waals surface area contributed by atoms with Crippen molar-refractivity contribution in [2.45, 2.75) is 32.4 Å². The first-order chi connectivity index (χ1) is 10.2. The van der Waals surface area contributed by atoms with Crippen LogP contribution in [0.25, 0.3) is 0 Å². The summed E-state index contributed by atoms with van der Waals surface area (Å²) >= 11 is 0. The maximum atomic E-state index is 5.91. The second-order valence-electron chi connectivity index (χ2n) is 5.81. The molecule has 1 heterocycles. The molecular weight excluding hydrogens is 264 g/mol. The Balaban J connectivity index is 1.85. The number of ether oxygens (including phenoxy) is 2. The minimum Gasteiger partial charge on any atom is -0.491 e. The van der Waals surface area contributed by atoms with Gasteiger partial charge in [0.05, 0.1) is 6.61 Å². The topological polar surface area (TPSA) is 33.7 Å². The fourth-order valence-electron chi connectivity index (χ4n) is 2.51. The number of likely N-dealkylation sites (N-methyl/N-ethyl adjacent to an activating group) is 1. The molecular formula is C17H28N2O2. The van der Waals surface area contributed by atoms with E-state index in [0.717, 1.165) is 38.4 Å². The lowest BCUT2D eigenvalue weighted by molar-refractivity contribution is -0.0403. The fraction of sp³-hybridized carbons (Fsp3) is 0.647. The van der Waals surface area contributed by atoms with Crippen molar-refractivity contribution in [3.8, 4) is 5.75 Å². The van der Waals surface area contributed by atoms with Crippen molar-refractivity contribution in [3.63, 3.8) is 0 Å². The van der Waals surface area contributed by atoms with Crippen LogP contribution < -0.4 is 10.1 Å². The Kier molecular flexibility index (Phi) is 6.49. The van der Waals surface area contributed by atoms with Gasteiger partial charge in [-0.15, -0.1) is 0 Å². The molecule has 0 aliphatic carbocycles. The van der Waals surface area contributed by atoms with E-state index >= 15 is 0 Å². The lowest BCUT2D eigenvalue weighted by atomic mass is 10.1. The number of nitrogens with one attached hydrogen (secondary N) is 1. The summed E-state index contributed by atoms with van der Waals surface area (Å²) in [4.78, 5) is 2.28. The first-order valence-electron chi connectivity index (χ1n) is 7.95. The van der Waals surface area contributed by atoms with Gasteiger partial charge >= 0.3 is 0 Å². The van der Waals surface area contributed by atoms with Gasteiger partial charge < -0.3 is 19.7 Å². The number of hydrogen-bond donors (Lipinski definition) is 1. The third-order valence-corrected chi connectivity index (χ3v) is 3.84. The third kappa shape index (κ3) is 5.30. The molecule has 2 unspecified atom stereocenters. The van der Waals surface area contributed by atoms with Crippen molar-refractivity contribution in [1.82, 2.24) is 10.2 Å². The van der Waals surface area contributed by atoms with Gasteiger partial charge in [0.15, 0.2) is 0 Å². The summed E-state index contributed by atoms with van der Waals surface area (Å²) in [6, 6.07) is 8.70. The number of nitrogens with zero attached hydrogens (tertiary/aromatic N) is 1. The smallest absolute Gasteiger partial charge is 0.119 e. The van der Waals surface area contributed by atoms with E-state index in [-0.39, 0.29) is 6.10 Å². The lowest BCUT2D eigenvalue weighted by Gasteiger charge is -2.29. The van der Waals surface area contributed by atoms with Gasteiger partial charge in [-0.2, -0.15) is 0 Å². The molecule has 0 saturated carbocycles. The Labute approximate surface area is 128 Å². The lowest BCUT2D eigenvalue weighted by Crippen LogP contribution is -2.42. The fourth-order valence-corrected chi connectivity index (χ4v) is 2.51. The summed E-state index contributed by atoms with van der Waals surface area (Å²) in [6.07, 6.45) is 1.32. The van der Waals surface area contributed by atoms with E-state index in [4.69, 9.17) is 9.47 Å². The second kappa shape index (κ2) is 8.37. The molecule has 0 spiro atoms. The van der Waals surface area contributed by atoms with Crippen molar-refractivity contribution in [2.24, 2.45) is 0 Å². The molecule has 1 saturated heterocycles. The van der Waals surface area contributed by atoms with Crippen LogP contribution >= 0.6 is 0 Å². The molecule has 1 N–H and O–H groups in total. The van der Waals surface area contributed by atoms with Gasteiger partial charge in [0.25, 0.3) is 0 Å². The van der Waals surface area contributed by atoms with Crippen LogP contribution in [0, 0.1) is 0 Å². The summed E-state index contributed by atoms with van der Waals surface area (Å²) < 4.78 is 11.6. The van der Waals surface area contributed by atoms with E-state index in [1.54, 1.807) is 0 Å². The van der Waals surface area contributed by atoms with Gasteiger partial charge in [0, 0.05) is 19.1 Å². The van der Waals surface area contributed by atoms with E-state index in [0.29, 0.717) is 12.6 Å². The maximum absolute atomic E-state index is 5.91. The second-order valence-corrected chi connectivity index (χ2v) is 5.81. The molecule has 0 aromatic heterocycles. The van der Waals surface area contributed by atoms with Gasteiger partial charge in [-0.1, -0.05) is 19.1 Å². The number of rotatable bonds is 7. The van der Waals surface area contributed by atoms with Crippen molar-refractivity contribution in [2.75, 3.05) is 39.9 Å². The molecule has 1 aromatic carbocycles. The quantitative estimate of drug-likeness (QED) is 0.837. The van der Waals surface area contributed by atoms with Crippen LogP contribution in [-0.2, 0) is 4.74 Å². The predicted molar refractivity (Wildman–Crippen MR) is 85.9 cm³/mol. The van der Waals surface area contributed by atoms with Crippen molar-refractivity contribution in [1.29, 1.82) is 0 Å². The van der Waals surface area contributed by atoms with Crippen LogP contribution in [0.3, 0.4) is 0 Å². The maximum Gasteiger partial charge on any atom is 0.119 e. The molecule has 0 amide bonds. The van der Waals surface area contributed by atoms with Crippen LogP contribution in [0.1, 0.15) is 31.9 Å². The highest BCUT2D eigenvalue weighted by Gasteiger charge is 2.18. The zero-order valence-corrected chi connectivity index (χ0v) is 13.5. The molecule has 4 nitrogen and oxygen atoms in total. The average molecular weight is 292 g/mol. The van der Waals surface area contributed by atoms with Crippen molar-refractivity contribution in [3.05, 3.63) is 29.8 Å². The zero-order valence-electron chi connectivity index (χ0n) is 13.5. The Morgan fingerprint density at radius 1 is 1.48 bits per heavy atom. The molecule has 1 aliphatic rings. The largest absolute Gasteiger partial charge is 0.491 e. The average Bonchev–Trinajstić information content (AvgIpc) is 2.51. The molecule has 118 valence electrons. The van der Waals surface area contributed by atoms with Gasteiger partial charge in [-0.25, -0.2) is 0 Å². The zero-order chi connectivity index (χ0) is 15.1. The Morgan fingerprint density at radius 2 is 2.33 bits per heavy atom.